The van der Waals surface area contributed by atoms with Gasteiger partial charge in [-0.2, -0.15) is 0 Å². The number of carboxylic acids is 1. The number of carbonyl (C=O) groups excluding carboxylic acids is 3. The lowest BCUT2D eigenvalue weighted by Gasteiger charge is -2.17. The maximum absolute atomic E-state index is 12.2. The van der Waals surface area contributed by atoms with E-state index in [4.69, 9.17) is 9.84 Å². The number of amides is 3. The van der Waals surface area contributed by atoms with Crippen LogP contribution in [0.2, 0.25) is 0 Å². The van der Waals surface area contributed by atoms with Crippen molar-refractivity contribution < 1.29 is 29.0 Å². The summed E-state index contributed by atoms with van der Waals surface area (Å²) in [4.78, 5) is 47.2. The van der Waals surface area contributed by atoms with Crippen molar-refractivity contribution in [3.05, 3.63) is 59.7 Å². The molecule has 0 heterocycles. The fourth-order valence-corrected chi connectivity index (χ4v) is 4.21. The average molecular weight is 482 g/mol. The fourth-order valence-electron chi connectivity index (χ4n) is 4.21. The van der Waals surface area contributed by atoms with Gasteiger partial charge in [-0.3, -0.25) is 14.4 Å². The summed E-state index contributed by atoms with van der Waals surface area (Å²) in [6, 6.07) is 15.5. The number of rotatable bonds is 12. The van der Waals surface area contributed by atoms with Crippen LogP contribution in [-0.2, 0) is 19.1 Å². The maximum atomic E-state index is 12.2. The van der Waals surface area contributed by atoms with Crippen molar-refractivity contribution in [3.63, 3.8) is 0 Å². The van der Waals surface area contributed by atoms with Crippen LogP contribution in [0.5, 0.6) is 0 Å². The number of benzene rings is 2. The number of fused-ring (bicyclic) bond motifs is 3. The second kappa shape index (κ2) is 12.5. The minimum Gasteiger partial charge on any atom is -0.481 e. The highest BCUT2D eigenvalue weighted by atomic mass is 16.5. The highest BCUT2D eigenvalue weighted by Gasteiger charge is 2.29. The highest BCUT2D eigenvalue weighted by molar-refractivity contribution is 5.87. The number of hydrogen-bond donors (Lipinski definition) is 4. The molecular formula is C26H31N3O6. The van der Waals surface area contributed by atoms with Crippen molar-refractivity contribution in [1.82, 2.24) is 16.0 Å². The third kappa shape index (κ3) is 7.30. The molecule has 1 aliphatic rings. The summed E-state index contributed by atoms with van der Waals surface area (Å²) in [5, 5.41) is 16.4. The van der Waals surface area contributed by atoms with E-state index in [1.54, 1.807) is 0 Å². The number of hydrogen-bond acceptors (Lipinski definition) is 5. The molecule has 3 rings (SSSR count). The Hall–Kier alpha value is -3.88. The third-order valence-corrected chi connectivity index (χ3v) is 5.88. The summed E-state index contributed by atoms with van der Waals surface area (Å²) >= 11 is 0. The van der Waals surface area contributed by atoms with E-state index in [-0.39, 0.29) is 32.0 Å². The first kappa shape index (κ1) is 25.7. The second-order valence-electron chi connectivity index (χ2n) is 8.46. The van der Waals surface area contributed by atoms with Crippen LogP contribution in [-0.4, -0.2) is 54.7 Å². The first-order valence-electron chi connectivity index (χ1n) is 11.8. The van der Waals surface area contributed by atoms with E-state index in [0.717, 1.165) is 35.1 Å². The first-order valence-corrected chi connectivity index (χ1v) is 11.8. The Labute approximate surface area is 204 Å². The van der Waals surface area contributed by atoms with Crippen LogP contribution >= 0.6 is 0 Å². The lowest BCUT2D eigenvalue weighted by atomic mass is 9.98. The number of carbonyl (C=O) groups is 4. The van der Waals surface area contributed by atoms with Crippen LogP contribution in [0.15, 0.2) is 48.5 Å². The zero-order valence-electron chi connectivity index (χ0n) is 19.7. The number of nitrogens with one attached hydrogen (secondary N) is 3. The van der Waals surface area contributed by atoms with Gasteiger partial charge in [-0.05, 0) is 28.7 Å². The van der Waals surface area contributed by atoms with Crippen LogP contribution in [0.4, 0.5) is 4.79 Å². The molecule has 2 aromatic rings. The van der Waals surface area contributed by atoms with E-state index >= 15 is 0 Å². The average Bonchev–Trinajstić information content (AvgIpc) is 3.17. The van der Waals surface area contributed by atoms with Crippen molar-refractivity contribution >= 4 is 23.9 Å². The van der Waals surface area contributed by atoms with Gasteiger partial charge in [-0.25, -0.2) is 4.79 Å². The first-order chi connectivity index (χ1) is 16.9. The Balaban J connectivity index is 1.40. The predicted octanol–water partition coefficient (Wildman–Crippen LogP) is 2.79. The maximum Gasteiger partial charge on any atom is 0.407 e. The van der Waals surface area contributed by atoms with Gasteiger partial charge in [0.25, 0.3) is 0 Å². The zero-order chi connectivity index (χ0) is 25.2. The molecule has 0 fully saturated rings. The van der Waals surface area contributed by atoms with Gasteiger partial charge in [-0.15, -0.1) is 0 Å². The van der Waals surface area contributed by atoms with Gasteiger partial charge in [0, 0.05) is 12.0 Å². The summed E-state index contributed by atoms with van der Waals surface area (Å²) in [5.41, 5.74) is 4.42. The van der Waals surface area contributed by atoms with Gasteiger partial charge in [0.2, 0.25) is 11.8 Å². The predicted molar refractivity (Wildman–Crippen MR) is 130 cm³/mol. The lowest BCUT2D eigenvalue weighted by molar-refractivity contribution is -0.138. The van der Waals surface area contributed by atoms with Gasteiger partial charge in [0.05, 0.1) is 13.0 Å². The smallest absolute Gasteiger partial charge is 0.407 e. The van der Waals surface area contributed by atoms with Crippen molar-refractivity contribution in [2.75, 3.05) is 19.7 Å². The molecule has 0 aromatic heterocycles. The molecule has 1 aliphatic carbocycles. The molecule has 2 aromatic carbocycles. The van der Waals surface area contributed by atoms with E-state index in [9.17, 15) is 19.2 Å². The third-order valence-electron chi connectivity index (χ3n) is 5.88. The Kier molecular flexibility index (Phi) is 9.23. The van der Waals surface area contributed by atoms with Crippen molar-refractivity contribution in [1.29, 1.82) is 0 Å². The summed E-state index contributed by atoms with van der Waals surface area (Å²) in [6.45, 7) is 1.45. The molecule has 0 unspecified atom stereocenters. The van der Waals surface area contributed by atoms with E-state index in [0.29, 0.717) is 6.42 Å². The zero-order valence-corrected chi connectivity index (χ0v) is 19.7. The monoisotopic (exact) mass is 481 g/mol. The molecule has 9 nitrogen and oxygen atoms in total. The number of aliphatic carboxylic acids is 1. The van der Waals surface area contributed by atoms with Crippen LogP contribution in [0.25, 0.3) is 11.1 Å². The molecule has 0 saturated carbocycles. The molecule has 0 aliphatic heterocycles. The fraction of sp³-hybridized carbons (Fsp3) is 0.385. The summed E-state index contributed by atoms with van der Waals surface area (Å²) in [7, 11) is 0. The summed E-state index contributed by atoms with van der Waals surface area (Å²) in [5.74, 6) is -2.13. The molecule has 0 bridgehead atoms. The molecule has 186 valence electrons. The molecule has 0 spiro atoms. The topological polar surface area (TPSA) is 134 Å². The van der Waals surface area contributed by atoms with Crippen LogP contribution in [0, 0.1) is 0 Å². The molecule has 0 saturated heterocycles. The quantitative estimate of drug-likeness (QED) is 0.368. The van der Waals surface area contributed by atoms with Gasteiger partial charge in [-0.1, -0.05) is 68.3 Å². The highest BCUT2D eigenvalue weighted by Crippen LogP contribution is 2.44. The minimum atomic E-state index is -0.997. The molecule has 3 amide bonds. The van der Waals surface area contributed by atoms with E-state index in [2.05, 4.69) is 16.0 Å². The molecule has 9 heteroatoms. The number of alkyl carbamates (subject to hydrolysis) is 1. The normalized spacial score (nSPS) is 12.7. The van der Waals surface area contributed by atoms with Crippen LogP contribution in [0.1, 0.15) is 49.7 Å². The Bertz CT molecular complexity index is 1030. The van der Waals surface area contributed by atoms with E-state index in [1.165, 1.54) is 0 Å². The van der Waals surface area contributed by atoms with Crippen molar-refractivity contribution in [2.24, 2.45) is 0 Å². The Morgan fingerprint density at radius 2 is 1.51 bits per heavy atom. The van der Waals surface area contributed by atoms with Gasteiger partial charge in [0.1, 0.15) is 13.2 Å². The van der Waals surface area contributed by atoms with E-state index in [1.807, 2.05) is 55.5 Å². The van der Waals surface area contributed by atoms with Gasteiger partial charge < -0.3 is 25.8 Å². The summed E-state index contributed by atoms with van der Waals surface area (Å²) in [6.07, 6.45) is 1.31. The molecular weight excluding hydrogens is 450 g/mol. The second-order valence-corrected chi connectivity index (χ2v) is 8.46. The molecule has 0 radical (unpaired) electrons. The van der Waals surface area contributed by atoms with Crippen molar-refractivity contribution in [2.45, 2.75) is 44.6 Å². The van der Waals surface area contributed by atoms with Gasteiger partial charge in [0.15, 0.2) is 0 Å². The minimum absolute atomic E-state index is 0.0860. The van der Waals surface area contributed by atoms with Crippen LogP contribution in [0.3, 0.4) is 0 Å². The largest absolute Gasteiger partial charge is 0.481 e. The number of carboxylic acid groups (broad SMARTS) is 1. The SMILES string of the molecule is CCCC[C@H](CC(=O)O)NC(=O)CNC(=O)CNC(=O)OCC1c2ccccc2-c2ccccc21. The lowest BCUT2D eigenvalue weighted by Crippen LogP contribution is -2.45. The van der Waals surface area contributed by atoms with E-state index < -0.39 is 29.9 Å². The number of unbranched alkanes of at least 4 members (excludes halogenated alkanes) is 1. The summed E-state index contributed by atoms with van der Waals surface area (Å²) < 4.78 is 5.38. The Morgan fingerprint density at radius 3 is 2.11 bits per heavy atom. The molecule has 35 heavy (non-hydrogen) atoms. The molecule has 4 N–H and O–H groups in total. The van der Waals surface area contributed by atoms with Gasteiger partial charge >= 0.3 is 12.1 Å². The molecule has 1 atom stereocenters. The Morgan fingerprint density at radius 1 is 0.914 bits per heavy atom. The number of ether oxygens (including phenoxy) is 1. The van der Waals surface area contributed by atoms with Crippen molar-refractivity contribution in [3.8, 4) is 11.1 Å². The standard InChI is InChI=1S/C26H31N3O6/c1-2-3-8-17(13-25(32)33)29-24(31)15-27-23(30)14-28-26(34)35-16-22-20-11-6-4-9-18(20)19-10-5-7-12-21(19)22/h4-7,9-12,17,22H,2-3,8,13-16H2,1H3,(H,27,30)(H,28,34)(H,29,31)(H,32,33)/t17-/m1/s1. The van der Waals surface area contributed by atoms with Crippen LogP contribution < -0.4 is 16.0 Å².